The maximum absolute atomic E-state index is 8.90. The van der Waals surface area contributed by atoms with Crippen LogP contribution in [0.1, 0.15) is 66.7 Å². The van der Waals surface area contributed by atoms with Crippen molar-refractivity contribution in [2.75, 3.05) is 13.1 Å². The van der Waals surface area contributed by atoms with Crippen molar-refractivity contribution < 1.29 is 0 Å². The molecule has 0 aliphatic rings. The summed E-state index contributed by atoms with van der Waals surface area (Å²) in [7, 11) is 0. The van der Waals surface area contributed by atoms with Gasteiger partial charge in [-0.05, 0) is 51.5 Å². The Labute approximate surface area is 120 Å². The quantitative estimate of drug-likeness (QED) is 0.616. The second kappa shape index (κ2) is 9.34. The van der Waals surface area contributed by atoms with E-state index in [4.69, 9.17) is 11.0 Å². The van der Waals surface area contributed by atoms with E-state index in [1.165, 1.54) is 19.4 Å². The Kier molecular flexibility index (Phi) is 9.05. The molecule has 0 heterocycles. The predicted molar refractivity (Wildman–Crippen MR) is 82.8 cm³/mol. The van der Waals surface area contributed by atoms with Crippen LogP contribution in [0.25, 0.3) is 0 Å². The standard InChI is InChI=1S/C16H33N3/c1-6-15(7-2)19(12-14(3)4)11-9-8-10-16(5,18)13-17/h14-15H,6-12,18H2,1-5H3. The molecule has 0 radical (unpaired) electrons. The van der Waals surface area contributed by atoms with Crippen molar-refractivity contribution in [2.24, 2.45) is 11.7 Å². The first-order valence-electron chi connectivity index (χ1n) is 7.80. The van der Waals surface area contributed by atoms with E-state index in [2.05, 4.69) is 38.7 Å². The number of unbranched alkanes of at least 4 members (excludes halogenated alkanes) is 1. The van der Waals surface area contributed by atoms with Crippen LogP contribution in [0.3, 0.4) is 0 Å². The van der Waals surface area contributed by atoms with E-state index in [-0.39, 0.29) is 0 Å². The Morgan fingerprint density at radius 1 is 1.21 bits per heavy atom. The van der Waals surface area contributed by atoms with Crippen molar-refractivity contribution in [1.82, 2.24) is 4.90 Å². The third kappa shape index (κ3) is 8.23. The Bertz CT molecular complexity index is 262. The van der Waals surface area contributed by atoms with E-state index in [1.54, 1.807) is 0 Å². The van der Waals surface area contributed by atoms with Crippen LogP contribution in [0.4, 0.5) is 0 Å². The van der Waals surface area contributed by atoms with Gasteiger partial charge in [-0.15, -0.1) is 0 Å². The van der Waals surface area contributed by atoms with Gasteiger partial charge in [0, 0.05) is 12.6 Å². The lowest BCUT2D eigenvalue weighted by Gasteiger charge is -2.32. The first kappa shape index (κ1) is 18.4. The molecule has 0 bridgehead atoms. The molecule has 0 aliphatic carbocycles. The summed E-state index contributed by atoms with van der Waals surface area (Å²) in [6, 6.07) is 2.87. The summed E-state index contributed by atoms with van der Waals surface area (Å²) in [6.07, 6.45) is 5.40. The van der Waals surface area contributed by atoms with Crippen LogP contribution < -0.4 is 5.73 Å². The van der Waals surface area contributed by atoms with Crippen molar-refractivity contribution in [3.63, 3.8) is 0 Å². The van der Waals surface area contributed by atoms with Gasteiger partial charge in [-0.3, -0.25) is 0 Å². The number of nitrogens with zero attached hydrogens (tertiary/aromatic N) is 2. The number of rotatable bonds is 10. The first-order valence-corrected chi connectivity index (χ1v) is 7.80. The first-order chi connectivity index (χ1) is 8.86. The normalized spacial score (nSPS) is 14.9. The lowest BCUT2D eigenvalue weighted by Crippen LogP contribution is -2.38. The lowest BCUT2D eigenvalue weighted by atomic mass is 9.97. The summed E-state index contributed by atoms with van der Waals surface area (Å²) in [5.41, 5.74) is 5.20. The van der Waals surface area contributed by atoms with E-state index in [1.807, 2.05) is 6.92 Å². The smallest absolute Gasteiger partial charge is 0.101 e. The number of hydrogen-bond donors (Lipinski definition) is 1. The highest BCUT2D eigenvalue weighted by molar-refractivity contribution is 5.00. The molecule has 0 aromatic carbocycles. The van der Waals surface area contributed by atoms with E-state index in [0.717, 1.165) is 25.8 Å². The summed E-state index contributed by atoms with van der Waals surface area (Å²) in [5, 5.41) is 8.90. The molecule has 19 heavy (non-hydrogen) atoms. The average molecular weight is 267 g/mol. The minimum absolute atomic E-state index is 0.655. The molecule has 1 atom stereocenters. The van der Waals surface area contributed by atoms with Crippen LogP contribution in [0, 0.1) is 17.2 Å². The lowest BCUT2D eigenvalue weighted by molar-refractivity contribution is 0.162. The monoisotopic (exact) mass is 267 g/mol. The van der Waals surface area contributed by atoms with E-state index >= 15 is 0 Å². The third-order valence-electron chi connectivity index (χ3n) is 3.71. The molecule has 0 amide bonds. The zero-order valence-corrected chi connectivity index (χ0v) is 13.6. The van der Waals surface area contributed by atoms with Crippen LogP contribution >= 0.6 is 0 Å². The van der Waals surface area contributed by atoms with Gasteiger partial charge in [0.15, 0.2) is 0 Å². The highest BCUT2D eigenvalue weighted by Gasteiger charge is 2.18. The molecule has 0 rings (SSSR count). The van der Waals surface area contributed by atoms with Crippen LogP contribution in [-0.2, 0) is 0 Å². The minimum Gasteiger partial charge on any atom is -0.314 e. The number of nitriles is 1. The summed E-state index contributed by atoms with van der Waals surface area (Å²) in [6.45, 7) is 13.2. The highest BCUT2D eigenvalue weighted by Crippen LogP contribution is 2.15. The molecule has 0 fully saturated rings. The van der Waals surface area contributed by atoms with Gasteiger partial charge in [-0.25, -0.2) is 0 Å². The molecule has 3 nitrogen and oxygen atoms in total. The minimum atomic E-state index is -0.655. The summed E-state index contributed by atoms with van der Waals surface area (Å²) in [5.74, 6) is 0.708. The van der Waals surface area contributed by atoms with Crippen LogP contribution in [-0.4, -0.2) is 29.6 Å². The summed E-state index contributed by atoms with van der Waals surface area (Å²) in [4.78, 5) is 2.62. The van der Waals surface area contributed by atoms with Gasteiger partial charge >= 0.3 is 0 Å². The third-order valence-corrected chi connectivity index (χ3v) is 3.71. The molecule has 0 aromatic rings. The SMILES string of the molecule is CCC(CC)N(CCCCC(C)(N)C#N)CC(C)C. The fourth-order valence-corrected chi connectivity index (χ4v) is 2.56. The fraction of sp³-hybridized carbons (Fsp3) is 0.938. The molecule has 3 heteroatoms. The van der Waals surface area contributed by atoms with Crippen molar-refractivity contribution in [3.05, 3.63) is 0 Å². The molecule has 0 aromatic heterocycles. The summed E-state index contributed by atoms with van der Waals surface area (Å²) >= 11 is 0. The topological polar surface area (TPSA) is 53.0 Å². The Morgan fingerprint density at radius 2 is 1.79 bits per heavy atom. The molecule has 0 saturated heterocycles. The van der Waals surface area contributed by atoms with Gasteiger partial charge in [-0.1, -0.05) is 27.7 Å². The van der Waals surface area contributed by atoms with E-state index in [9.17, 15) is 0 Å². The Hall–Kier alpha value is -0.590. The van der Waals surface area contributed by atoms with Crippen LogP contribution in [0.15, 0.2) is 0 Å². The Balaban J connectivity index is 4.17. The van der Waals surface area contributed by atoms with Crippen molar-refractivity contribution in [3.8, 4) is 6.07 Å². The predicted octanol–water partition coefficient (Wildman–Crippen LogP) is 3.54. The van der Waals surface area contributed by atoms with Gasteiger partial charge in [-0.2, -0.15) is 5.26 Å². The number of nitrogens with two attached hydrogens (primary N) is 1. The summed E-state index contributed by atoms with van der Waals surface area (Å²) < 4.78 is 0. The van der Waals surface area contributed by atoms with Gasteiger partial charge in [0.05, 0.1) is 6.07 Å². The molecule has 0 aliphatic heterocycles. The van der Waals surface area contributed by atoms with Crippen molar-refractivity contribution in [2.45, 2.75) is 78.3 Å². The van der Waals surface area contributed by atoms with Crippen molar-refractivity contribution in [1.29, 1.82) is 5.26 Å². The molecular weight excluding hydrogens is 234 g/mol. The van der Waals surface area contributed by atoms with Gasteiger partial charge in [0.1, 0.15) is 5.54 Å². The van der Waals surface area contributed by atoms with Gasteiger partial charge in [0.25, 0.3) is 0 Å². The molecular formula is C16H33N3. The Morgan fingerprint density at radius 3 is 2.21 bits per heavy atom. The zero-order chi connectivity index (χ0) is 14.9. The average Bonchev–Trinajstić information content (AvgIpc) is 2.35. The number of hydrogen-bond acceptors (Lipinski definition) is 3. The van der Waals surface area contributed by atoms with E-state index in [0.29, 0.717) is 12.0 Å². The fourth-order valence-electron chi connectivity index (χ4n) is 2.56. The largest absolute Gasteiger partial charge is 0.314 e. The van der Waals surface area contributed by atoms with Crippen LogP contribution in [0.5, 0.6) is 0 Å². The second-order valence-electron chi connectivity index (χ2n) is 6.35. The molecule has 2 N–H and O–H groups in total. The second-order valence-corrected chi connectivity index (χ2v) is 6.35. The van der Waals surface area contributed by atoms with Crippen LogP contribution in [0.2, 0.25) is 0 Å². The zero-order valence-electron chi connectivity index (χ0n) is 13.6. The van der Waals surface area contributed by atoms with Gasteiger partial charge < -0.3 is 10.6 Å². The molecule has 0 spiro atoms. The molecule has 0 saturated carbocycles. The maximum Gasteiger partial charge on any atom is 0.101 e. The van der Waals surface area contributed by atoms with E-state index < -0.39 is 5.54 Å². The molecule has 1 unspecified atom stereocenters. The van der Waals surface area contributed by atoms with Crippen molar-refractivity contribution >= 4 is 0 Å². The maximum atomic E-state index is 8.90. The van der Waals surface area contributed by atoms with Gasteiger partial charge in [0.2, 0.25) is 0 Å². The highest BCUT2D eigenvalue weighted by atomic mass is 15.1. The molecule has 112 valence electrons.